The lowest BCUT2D eigenvalue weighted by Crippen LogP contribution is -2.11. The van der Waals surface area contributed by atoms with Crippen molar-refractivity contribution in [1.29, 1.82) is 0 Å². The second-order valence-electron chi connectivity index (χ2n) is 6.22. The normalized spacial score (nSPS) is 13.6. The standard InChI is InChI=1S/C19H33O4P/c1-2-3-4-5-6-7-8-9-10-11-15-18-22-24(20,21)23-19-16-13-12-14-17-19/h12-14,16-17H,2-11,15,18H2,1H3,(H,20,21)/p-1. The topological polar surface area (TPSA) is 58.6 Å². The Hall–Kier alpha value is -0.830. The van der Waals surface area contributed by atoms with E-state index in [1.807, 2.05) is 0 Å². The summed E-state index contributed by atoms with van der Waals surface area (Å²) in [4.78, 5) is 11.7. The SMILES string of the molecule is CCCCCCCCCCCCCOP(=O)([O-])Oc1ccccc1. The first-order chi connectivity index (χ1) is 11.6. The van der Waals surface area contributed by atoms with Gasteiger partial charge >= 0.3 is 7.82 Å². The predicted molar refractivity (Wildman–Crippen MR) is 97.1 cm³/mol. The highest BCUT2D eigenvalue weighted by Crippen LogP contribution is 2.39. The molecule has 4 nitrogen and oxygen atoms in total. The maximum Gasteiger partial charge on any atom is 0.319 e. The van der Waals surface area contributed by atoms with Crippen molar-refractivity contribution in [3.05, 3.63) is 30.3 Å². The molecule has 0 heterocycles. The third kappa shape index (κ3) is 11.7. The summed E-state index contributed by atoms with van der Waals surface area (Å²) in [5.41, 5.74) is 0. The molecule has 0 bridgehead atoms. The Labute approximate surface area is 147 Å². The van der Waals surface area contributed by atoms with Gasteiger partial charge in [0.05, 0.1) is 6.61 Å². The molecule has 0 aliphatic carbocycles. The predicted octanol–water partition coefficient (Wildman–Crippen LogP) is 5.86. The first-order valence-electron chi connectivity index (χ1n) is 9.34. The molecule has 0 fully saturated rings. The quantitative estimate of drug-likeness (QED) is 0.292. The average Bonchev–Trinajstić information content (AvgIpc) is 2.56. The number of rotatable bonds is 15. The fourth-order valence-electron chi connectivity index (χ4n) is 2.58. The summed E-state index contributed by atoms with van der Waals surface area (Å²) in [5, 5.41) is 0. The fraction of sp³-hybridized carbons (Fsp3) is 0.684. The van der Waals surface area contributed by atoms with Crippen LogP contribution in [0.3, 0.4) is 0 Å². The molecule has 138 valence electrons. The molecule has 1 aromatic carbocycles. The van der Waals surface area contributed by atoms with Crippen molar-refractivity contribution in [1.82, 2.24) is 0 Å². The Kier molecular flexibility index (Phi) is 11.9. The van der Waals surface area contributed by atoms with Crippen LogP contribution in [0.25, 0.3) is 0 Å². The molecule has 0 saturated carbocycles. The summed E-state index contributed by atoms with van der Waals surface area (Å²) < 4.78 is 21.4. The molecule has 0 N–H and O–H groups in total. The second-order valence-corrected chi connectivity index (χ2v) is 7.56. The summed E-state index contributed by atoms with van der Waals surface area (Å²) in [6, 6.07) is 8.43. The summed E-state index contributed by atoms with van der Waals surface area (Å²) in [6.07, 6.45) is 13.5. The smallest absolute Gasteiger partial charge is 0.319 e. The Bertz CT molecular complexity index is 450. The van der Waals surface area contributed by atoms with Crippen LogP contribution in [-0.4, -0.2) is 6.61 Å². The zero-order valence-electron chi connectivity index (χ0n) is 15.0. The van der Waals surface area contributed by atoms with E-state index >= 15 is 0 Å². The van der Waals surface area contributed by atoms with Crippen LogP contribution in [-0.2, 0) is 9.09 Å². The number of hydrogen-bond acceptors (Lipinski definition) is 4. The van der Waals surface area contributed by atoms with E-state index in [0.29, 0.717) is 0 Å². The Morgan fingerprint density at radius 1 is 0.833 bits per heavy atom. The molecule has 1 rings (SSSR count). The van der Waals surface area contributed by atoms with E-state index in [1.165, 1.54) is 51.4 Å². The van der Waals surface area contributed by atoms with Gasteiger partial charge < -0.3 is 13.9 Å². The maximum atomic E-state index is 11.7. The molecular formula is C19H32O4P-. The number of para-hydroxylation sites is 1. The Morgan fingerprint density at radius 3 is 1.88 bits per heavy atom. The minimum atomic E-state index is -4.24. The van der Waals surface area contributed by atoms with Gasteiger partial charge in [-0.3, -0.25) is 4.57 Å². The van der Waals surface area contributed by atoms with E-state index in [4.69, 9.17) is 9.05 Å². The molecule has 5 heteroatoms. The number of benzene rings is 1. The number of hydrogen-bond donors (Lipinski definition) is 0. The highest BCUT2D eigenvalue weighted by atomic mass is 31.2. The van der Waals surface area contributed by atoms with Crippen molar-refractivity contribution in [3.8, 4) is 5.75 Å². The molecule has 0 amide bonds. The summed E-state index contributed by atoms with van der Waals surface area (Å²) >= 11 is 0. The maximum absolute atomic E-state index is 11.7. The summed E-state index contributed by atoms with van der Waals surface area (Å²) in [6.45, 7) is 2.44. The van der Waals surface area contributed by atoms with Gasteiger partial charge in [0.15, 0.2) is 0 Å². The van der Waals surface area contributed by atoms with Crippen molar-refractivity contribution in [2.45, 2.75) is 77.6 Å². The highest BCUT2D eigenvalue weighted by molar-refractivity contribution is 7.46. The van der Waals surface area contributed by atoms with Gasteiger partial charge in [-0.05, 0) is 18.6 Å². The molecule has 0 saturated heterocycles. The molecule has 0 aliphatic rings. The first-order valence-corrected chi connectivity index (χ1v) is 10.8. The van der Waals surface area contributed by atoms with Crippen LogP contribution < -0.4 is 9.42 Å². The molecular weight excluding hydrogens is 323 g/mol. The molecule has 1 atom stereocenters. The lowest BCUT2D eigenvalue weighted by atomic mass is 10.1. The molecule has 1 unspecified atom stereocenters. The number of unbranched alkanes of at least 4 members (excludes halogenated alkanes) is 10. The van der Waals surface area contributed by atoms with Gasteiger partial charge in [0.1, 0.15) is 5.75 Å². The minimum Gasteiger partial charge on any atom is -0.746 e. The van der Waals surface area contributed by atoms with Crippen LogP contribution in [0, 0.1) is 0 Å². The van der Waals surface area contributed by atoms with Gasteiger partial charge in [0.2, 0.25) is 0 Å². The van der Waals surface area contributed by atoms with Gasteiger partial charge in [-0.1, -0.05) is 89.3 Å². The van der Waals surface area contributed by atoms with Crippen LogP contribution in [0.1, 0.15) is 77.6 Å². The first kappa shape index (κ1) is 21.2. The van der Waals surface area contributed by atoms with E-state index in [0.717, 1.165) is 19.3 Å². The monoisotopic (exact) mass is 355 g/mol. The van der Waals surface area contributed by atoms with Crippen LogP contribution in [0.15, 0.2) is 30.3 Å². The van der Waals surface area contributed by atoms with Gasteiger partial charge in [-0.25, -0.2) is 0 Å². The fourth-order valence-corrected chi connectivity index (χ4v) is 3.36. The molecule has 0 aliphatic heterocycles. The highest BCUT2D eigenvalue weighted by Gasteiger charge is 2.10. The molecule has 0 spiro atoms. The Balaban J connectivity index is 1.93. The Morgan fingerprint density at radius 2 is 1.33 bits per heavy atom. The van der Waals surface area contributed by atoms with Crippen molar-refractivity contribution in [2.24, 2.45) is 0 Å². The van der Waals surface area contributed by atoms with Crippen LogP contribution >= 0.6 is 7.82 Å². The minimum absolute atomic E-state index is 0.199. The molecule has 1 aromatic rings. The van der Waals surface area contributed by atoms with Crippen molar-refractivity contribution < 1.29 is 18.5 Å². The van der Waals surface area contributed by atoms with Gasteiger partial charge in [-0.2, -0.15) is 0 Å². The number of phosphoric ester groups is 1. The average molecular weight is 355 g/mol. The van der Waals surface area contributed by atoms with Crippen LogP contribution in [0.4, 0.5) is 0 Å². The van der Waals surface area contributed by atoms with Crippen LogP contribution in [0.5, 0.6) is 5.75 Å². The van der Waals surface area contributed by atoms with Crippen molar-refractivity contribution >= 4 is 7.82 Å². The second kappa shape index (κ2) is 13.5. The zero-order chi connectivity index (χ0) is 17.5. The molecule has 0 radical (unpaired) electrons. The van der Waals surface area contributed by atoms with Gasteiger partial charge in [0.25, 0.3) is 0 Å². The van der Waals surface area contributed by atoms with Crippen molar-refractivity contribution in [3.63, 3.8) is 0 Å². The largest absolute Gasteiger partial charge is 0.746 e. The lowest BCUT2D eigenvalue weighted by Gasteiger charge is -2.23. The van der Waals surface area contributed by atoms with E-state index in [1.54, 1.807) is 30.3 Å². The summed E-state index contributed by atoms with van der Waals surface area (Å²) in [5.74, 6) is 0.287. The third-order valence-corrected chi connectivity index (χ3v) is 4.89. The van der Waals surface area contributed by atoms with Gasteiger partial charge in [-0.15, -0.1) is 0 Å². The lowest BCUT2D eigenvalue weighted by molar-refractivity contribution is -0.217. The number of phosphoric acid groups is 1. The molecule has 0 aromatic heterocycles. The third-order valence-electron chi connectivity index (χ3n) is 3.96. The van der Waals surface area contributed by atoms with Crippen LogP contribution in [0.2, 0.25) is 0 Å². The van der Waals surface area contributed by atoms with Gasteiger partial charge in [0, 0.05) is 0 Å². The molecule has 24 heavy (non-hydrogen) atoms. The van der Waals surface area contributed by atoms with E-state index in [-0.39, 0.29) is 12.4 Å². The zero-order valence-corrected chi connectivity index (χ0v) is 15.8. The van der Waals surface area contributed by atoms with Crippen molar-refractivity contribution in [2.75, 3.05) is 6.61 Å². The van der Waals surface area contributed by atoms with E-state index in [9.17, 15) is 9.46 Å². The van der Waals surface area contributed by atoms with E-state index in [2.05, 4.69) is 6.92 Å². The van der Waals surface area contributed by atoms with E-state index < -0.39 is 7.82 Å². The summed E-state index contributed by atoms with van der Waals surface area (Å²) in [7, 11) is -4.24.